The first-order valence-electron chi connectivity index (χ1n) is 10.9. The fourth-order valence-corrected chi connectivity index (χ4v) is 4.29. The monoisotopic (exact) mass is 447 g/mol. The highest BCUT2D eigenvalue weighted by Crippen LogP contribution is 2.40. The van der Waals surface area contributed by atoms with Crippen LogP contribution in [0, 0.1) is 5.82 Å². The molecular formula is C26H26FN3O3. The van der Waals surface area contributed by atoms with Crippen molar-refractivity contribution in [3.63, 3.8) is 0 Å². The number of halogens is 1. The van der Waals surface area contributed by atoms with Crippen molar-refractivity contribution in [2.75, 3.05) is 6.54 Å². The van der Waals surface area contributed by atoms with Gasteiger partial charge in [0.1, 0.15) is 11.4 Å². The van der Waals surface area contributed by atoms with Gasteiger partial charge in [-0.25, -0.2) is 9.18 Å². The summed E-state index contributed by atoms with van der Waals surface area (Å²) in [5.41, 5.74) is 8.04. The minimum atomic E-state index is -1.01. The zero-order chi connectivity index (χ0) is 23.4. The first-order chi connectivity index (χ1) is 15.9. The molecule has 0 aliphatic carbocycles. The summed E-state index contributed by atoms with van der Waals surface area (Å²) in [6.45, 7) is 2.38. The van der Waals surface area contributed by atoms with Gasteiger partial charge in [-0.15, -0.1) is 0 Å². The topological polar surface area (TPSA) is 85.5 Å². The van der Waals surface area contributed by atoms with Gasteiger partial charge in [-0.2, -0.15) is 0 Å². The Morgan fingerprint density at radius 1 is 1.15 bits per heavy atom. The number of pyridine rings is 1. The van der Waals surface area contributed by atoms with E-state index in [2.05, 4.69) is 4.98 Å². The number of rotatable bonds is 7. The van der Waals surface area contributed by atoms with E-state index in [1.807, 2.05) is 49.5 Å². The van der Waals surface area contributed by atoms with E-state index in [9.17, 15) is 14.0 Å². The van der Waals surface area contributed by atoms with Gasteiger partial charge in [0.05, 0.1) is 6.04 Å². The Morgan fingerprint density at radius 3 is 2.48 bits per heavy atom. The number of cyclic esters (lactones) is 1. The molecule has 1 aromatic heterocycles. The molecule has 170 valence electrons. The van der Waals surface area contributed by atoms with Gasteiger partial charge in [0.2, 0.25) is 5.91 Å². The highest BCUT2D eigenvalue weighted by atomic mass is 19.1. The lowest BCUT2D eigenvalue weighted by molar-refractivity contribution is -0.121. The van der Waals surface area contributed by atoms with E-state index in [0.717, 1.165) is 16.7 Å². The highest BCUT2D eigenvalue weighted by Gasteiger charge is 2.43. The minimum Gasteiger partial charge on any atom is -0.438 e. The van der Waals surface area contributed by atoms with E-state index in [4.69, 9.17) is 10.5 Å². The summed E-state index contributed by atoms with van der Waals surface area (Å²) in [7, 11) is 0. The Labute approximate surface area is 192 Å². The summed E-state index contributed by atoms with van der Waals surface area (Å²) in [6.07, 6.45) is 3.85. The average Bonchev–Trinajstić information content (AvgIpc) is 2.83. The molecule has 7 heteroatoms. The second kappa shape index (κ2) is 9.40. The van der Waals surface area contributed by atoms with Gasteiger partial charge in [0.15, 0.2) is 0 Å². The summed E-state index contributed by atoms with van der Waals surface area (Å²) in [5.74, 6) is -0.854. The van der Waals surface area contributed by atoms with E-state index < -0.39 is 17.6 Å². The fraction of sp³-hybridized carbons (Fsp3) is 0.269. The second-order valence-corrected chi connectivity index (χ2v) is 8.32. The number of nitrogens with two attached hydrogens (primary N) is 1. The molecule has 1 aliphatic heterocycles. The van der Waals surface area contributed by atoms with Gasteiger partial charge in [0, 0.05) is 38.2 Å². The molecule has 0 bridgehead atoms. The van der Waals surface area contributed by atoms with Gasteiger partial charge in [-0.1, -0.05) is 42.5 Å². The van der Waals surface area contributed by atoms with Crippen molar-refractivity contribution < 1.29 is 18.7 Å². The van der Waals surface area contributed by atoms with Crippen molar-refractivity contribution in [2.24, 2.45) is 5.73 Å². The van der Waals surface area contributed by atoms with Crippen LogP contribution in [0.3, 0.4) is 0 Å². The Kier molecular flexibility index (Phi) is 6.40. The Bertz CT molecular complexity index is 1120. The third-order valence-electron chi connectivity index (χ3n) is 6.27. The molecule has 0 saturated carbocycles. The van der Waals surface area contributed by atoms with Crippen LogP contribution in [0.2, 0.25) is 0 Å². The van der Waals surface area contributed by atoms with Crippen LogP contribution in [0.25, 0.3) is 11.1 Å². The summed E-state index contributed by atoms with van der Waals surface area (Å²) < 4.78 is 19.4. The molecule has 0 spiro atoms. The second-order valence-electron chi connectivity index (χ2n) is 8.32. The number of carbonyl (C=O) groups is 2. The van der Waals surface area contributed by atoms with Crippen molar-refractivity contribution in [3.8, 4) is 11.1 Å². The van der Waals surface area contributed by atoms with Crippen molar-refractivity contribution >= 4 is 12.0 Å². The van der Waals surface area contributed by atoms with Crippen LogP contribution < -0.4 is 5.73 Å². The van der Waals surface area contributed by atoms with Gasteiger partial charge < -0.3 is 15.4 Å². The molecule has 33 heavy (non-hydrogen) atoms. The van der Waals surface area contributed by atoms with Crippen LogP contribution in [-0.2, 0) is 15.1 Å². The Hall–Kier alpha value is -3.74. The van der Waals surface area contributed by atoms with Gasteiger partial charge in [0.25, 0.3) is 0 Å². The summed E-state index contributed by atoms with van der Waals surface area (Å²) in [6, 6.07) is 17.5. The molecule has 2 aromatic carbocycles. The molecule has 1 fully saturated rings. The van der Waals surface area contributed by atoms with Gasteiger partial charge >= 0.3 is 6.09 Å². The molecule has 2 atom stereocenters. The normalized spacial score (nSPS) is 19.1. The fourth-order valence-electron chi connectivity index (χ4n) is 4.29. The SMILES string of the molecule is C[C@@H](c1ccc(-c2cccnc2)cc1)N1CC[C@@](CCC(N)=O)(c2ccc(F)cc2)OC1=O. The molecule has 2 heterocycles. The summed E-state index contributed by atoms with van der Waals surface area (Å²) >= 11 is 0. The number of hydrogen-bond donors (Lipinski definition) is 1. The molecule has 4 rings (SSSR count). The van der Waals surface area contributed by atoms with Gasteiger partial charge in [-0.05, 0) is 47.4 Å². The number of primary amides is 1. The lowest BCUT2D eigenvalue weighted by atomic mass is 9.84. The predicted molar refractivity (Wildman–Crippen MR) is 122 cm³/mol. The van der Waals surface area contributed by atoms with E-state index in [-0.39, 0.29) is 24.7 Å². The maximum Gasteiger partial charge on any atom is 0.411 e. The first-order valence-corrected chi connectivity index (χ1v) is 10.9. The first kappa shape index (κ1) is 22.5. The van der Waals surface area contributed by atoms with Crippen molar-refractivity contribution in [1.29, 1.82) is 0 Å². The standard InChI is InChI=1S/C26H26FN3O3/c1-18(19-4-6-20(7-5-19)21-3-2-15-29-17-21)30-16-14-26(33-25(30)32,13-12-24(28)31)22-8-10-23(27)11-9-22/h2-11,15,17-18H,12-14,16H2,1H3,(H2,28,31)/t18-,26-/m0/s1. The maximum atomic E-state index is 13.5. The molecule has 3 aromatic rings. The quantitative estimate of drug-likeness (QED) is 0.555. The Balaban J connectivity index is 1.52. The molecule has 2 amide bonds. The molecule has 6 nitrogen and oxygen atoms in total. The number of nitrogens with zero attached hydrogens (tertiary/aromatic N) is 2. The lowest BCUT2D eigenvalue weighted by Crippen LogP contribution is -2.49. The average molecular weight is 448 g/mol. The maximum absolute atomic E-state index is 13.5. The number of benzene rings is 2. The number of ether oxygens (including phenoxy) is 1. The van der Waals surface area contributed by atoms with E-state index in [1.165, 1.54) is 12.1 Å². The summed E-state index contributed by atoms with van der Waals surface area (Å²) in [5, 5.41) is 0. The molecular weight excluding hydrogens is 421 g/mol. The van der Waals surface area contributed by atoms with E-state index >= 15 is 0 Å². The number of carbonyl (C=O) groups excluding carboxylic acids is 2. The highest BCUT2D eigenvalue weighted by molar-refractivity contribution is 5.74. The van der Waals surface area contributed by atoms with E-state index in [1.54, 1.807) is 23.2 Å². The Morgan fingerprint density at radius 2 is 1.88 bits per heavy atom. The number of aromatic nitrogens is 1. The third-order valence-corrected chi connectivity index (χ3v) is 6.27. The zero-order valence-electron chi connectivity index (χ0n) is 18.4. The number of hydrogen-bond acceptors (Lipinski definition) is 4. The van der Waals surface area contributed by atoms with Crippen LogP contribution in [0.15, 0.2) is 73.1 Å². The molecule has 0 unspecified atom stereocenters. The van der Waals surface area contributed by atoms with Crippen molar-refractivity contribution in [2.45, 2.75) is 37.8 Å². The molecule has 1 saturated heterocycles. The largest absolute Gasteiger partial charge is 0.438 e. The molecule has 0 radical (unpaired) electrons. The third kappa shape index (κ3) is 4.87. The van der Waals surface area contributed by atoms with E-state index in [0.29, 0.717) is 18.5 Å². The van der Waals surface area contributed by atoms with Crippen LogP contribution in [0.4, 0.5) is 9.18 Å². The van der Waals surface area contributed by atoms with Crippen LogP contribution in [0.1, 0.15) is 43.4 Å². The zero-order valence-corrected chi connectivity index (χ0v) is 18.4. The lowest BCUT2D eigenvalue weighted by Gasteiger charge is -2.43. The smallest absolute Gasteiger partial charge is 0.411 e. The minimum absolute atomic E-state index is 0.0655. The summed E-state index contributed by atoms with van der Waals surface area (Å²) in [4.78, 5) is 30.4. The van der Waals surface area contributed by atoms with Crippen LogP contribution >= 0.6 is 0 Å². The van der Waals surface area contributed by atoms with Crippen LogP contribution in [-0.4, -0.2) is 28.4 Å². The van der Waals surface area contributed by atoms with Crippen molar-refractivity contribution in [3.05, 3.63) is 90.0 Å². The molecule has 2 N–H and O–H groups in total. The number of amides is 2. The van der Waals surface area contributed by atoms with Crippen LogP contribution in [0.5, 0.6) is 0 Å². The predicted octanol–water partition coefficient (Wildman–Crippen LogP) is 4.95. The van der Waals surface area contributed by atoms with Gasteiger partial charge in [-0.3, -0.25) is 9.78 Å². The van der Waals surface area contributed by atoms with Crippen molar-refractivity contribution in [1.82, 2.24) is 9.88 Å². The molecule has 1 aliphatic rings.